The number of benzene rings is 1. The summed E-state index contributed by atoms with van der Waals surface area (Å²) >= 11 is 0. The number of rotatable bonds is 5. The van der Waals surface area contributed by atoms with Crippen LogP contribution in [0.4, 0.5) is 13.2 Å². The summed E-state index contributed by atoms with van der Waals surface area (Å²) < 4.78 is 42.9. The number of ether oxygens (including phenoxy) is 1. The Bertz CT molecular complexity index is 453. The van der Waals surface area contributed by atoms with Crippen molar-refractivity contribution in [3.8, 4) is 0 Å². The molecule has 2 rings (SSSR count). The first-order chi connectivity index (χ1) is 10.4. The molecule has 1 aromatic rings. The lowest BCUT2D eigenvalue weighted by atomic mass is 10.0. The van der Waals surface area contributed by atoms with Crippen LogP contribution in [0.5, 0.6) is 0 Å². The molecular formula is C16H23F3N2O. The minimum Gasteiger partial charge on any atom is -0.383 e. The molecule has 0 aliphatic carbocycles. The standard InChI is InChI=1S/C16H23F3N2O/c1-13(14-3-5-15(6-4-14)16(17,18)19)21-9-7-20(8-10-21)11-12-22-2/h3-6,13H,7-12H2,1-2H3/t13-/m0/s1. The van der Waals surface area contributed by atoms with Crippen molar-refractivity contribution in [3.05, 3.63) is 35.4 Å². The van der Waals surface area contributed by atoms with Gasteiger partial charge in [-0.05, 0) is 24.6 Å². The molecule has 1 aromatic carbocycles. The SMILES string of the molecule is COCCN1CCN([C@@H](C)c2ccc(C(F)(F)F)cc2)CC1. The van der Waals surface area contributed by atoms with Crippen molar-refractivity contribution in [2.45, 2.75) is 19.1 Å². The molecule has 0 spiro atoms. The van der Waals surface area contributed by atoms with Gasteiger partial charge in [0.2, 0.25) is 0 Å². The number of hydrogen-bond acceptors (Lipinski definition) is 3. The van der Waals surface area contributed by atoms with E-state index in [9.17, 15) is 13.2 Å². The minimum absolute atomic E-state index is 0.131. The zero-order valence-corrected chi connectivity index (χ0v) is 13.1. The van der Waals surface area contributed by atoms with Gasteiger partial charge in [0.15, 0.2) is 0 Å². The minimum atomic E-state index is -4.27. The van der Waals surface area contributed by atoms with Gasteiger partial charge >= 0.3 is 6.18 Å². The van der Waals surface area contributed by atoms with Crippen LogP contribution in [0.2, 0.25) is 0 Å². The Hall–Kier alpha value is -1.11. The number of piperazine rings is 1. The highest BCUT2D eigenvalue weighted by Gasteiger charge is 2.30. The predicted molar refractivity (Wildman–Crippen MR) is 79.7 cm³/mol. The zero-order valence-electron chi connectivity index (χ0n) is 13.1. The van der Waals surface area contributed by atoms with E-state index in [0.29, 0.717) is 0 Å². The monoisotopic (exact) mass is 316 g/mol. The van der Waals surface area contributed by atoms with Crippen LogP contribution < -0.4 is 0 Å². The molecule has 0 saturated carbocycles. The van der Waals surface area contributed by atoms with Crippen LogP contribution in [-0.2, 0) is 10.9 Å². The third kappa shape index (κ3) is 4.44. The Morgan fingerprint density at radius 3 is 2.18 bits per heavy atom. The fourth-order valence-corrected chi connectivity index (χ4v) is 2.76. The number of hydrogen-bond donors (Lipinski definition) is 0. The van der Waals surface area contributed by atoms with Crippen molar-refractivity contribution >= 4 is 0 Å². The molecule has 0 bridgehead atoms. The number of methoxy groups -OCH3 is 1. The van der Waals surface area contributed by atoms with Gasteiger partial charge in [0.05, 0.1) is 12.2 Å². The van der Waals surface area contributed by atoms with E-state index >= 15 is 0 Å². The first-order valence-electron chi connectivity index (χ1n) is 7.54. The van der Waals surface area contributed by atoms with E-state index in [0.717, 1.165) is 44.9 Å². The molecule has 0 radical (unpaired) electrons. The van der Waals surface area contributed by atoms with Crippen LogP contribution in [-0.4, -0.2) is 56.2 Å². The van der Waals surface area contributed by atoms with Crippen LogP contribution in [0.1, 0.15) is 24.1 Å². The average Bonchev–Trinajstić information content (AvgIpc) is 2.52. The molecule has 1 saturated heterocycles. The quantitative estimate of drug-likeness (QED) is 0.830. The second kappa shape index (κ2) is 7.44. The van der Waals surface area contributed by atoms with E-state index in [2.05, 4.69) is 9.80 Å². The lowest BCUT2D eigenvalue weighted by Gasteiger charge is -2.38. The fourth-order valence-electron chi connectivity index (χ4n) is 2.76. The maximum absolute atomic E-state index is 12.6. The van der Waals surface area contributed by atoms with Crippen molar-refractivity contribution in [3.63, 3.8) is 0 Å². The summed E-state index contributed by atoms with van der Waals surface area (Å²) in [6.45, 7) is 7.49. The number of alkyl halides is 3. The summed E-state index contributed by atoms with van der Waals surface area (Å²) in [5.74, 6) is 0. The maximum atomic E-state index is 12.6. The van der Waals surface area contributed by atoms with Gasteiger partial charge in [-0.1, -0.05) is 12.1 Å². The second-order valence-electron chi connectivity index (χ2n) is 5.67. The van der Waals surface area contributed by atoms with Crippen LogP contribution in [0.15, 0.2) is 24.3 Å². The molecule has 0 aromatic heterocycles. The summed E-state index contributed by atoms with van der Waals surface area (Å²) in [6, 6.07) is 5.64. The molecule has 1 atom stereocenters. The molecule has 0 amide bonds. The molecule has 0 N–H and O–H groups in total. The van der Waals surface area contributed by atoms with Crippen molar-refractivity contribution in [1.29, 1.82) is 0 Å². The molecule has 1 heterocycles. The fraction of sp³-hybridized carbons (Fsp3) is 0.625. The van der Waals surface area contributed by atoms with Gasteiger partial charge in [0.25, 0.3) is 0 Å². The number of halogens is 3. The molecule has 22 heavy (non-hydrogen) atoms. The lowest BCUT2D eigenvalue weighted by Crippen LogP contribution is -2.47. The van der Waals surface area contributed by atoms with Gasteiger partial charge in [-0.2, -0.15) is 13.2 Å². The van der Waals surface area contributed by atoms with Gasteiger partial charge in [-0.3, -0.25) is 9.80 Å². The second-order valence-corrected chi connectivity index (χ2v) is 5.67. The van der Waals surface area contributed by atoms with Gasteiger partial charge in [-0.15, -0.1) is 0 Å². The Morgan fingerprint density at radius 1 is 1.09 bits per heavy atom. The van der Waals surface area contributed by atoms with Gasteiger partial charge in [0, 0.05) is 45.9 Å². The van der Waals surface area contributed by atoms with Gasteiger partial charge in [-0.25, -0.2) is 0 Å². The summed E-state index contributed by atoms with van der Waals surface area (Å²) in [5.41, 5.74) is 0.339. The molecular weight excluding hydrogens is 293 g/mol. The molecule has 1 fully saturated rings. The highest BCUT2D eigenvalue weighted by Crippen LogP contribution is 2.30. The zero-order chi connectivity index (χ0) is 16.2. The largest absolute Gasteiger partial charge is 0.416 e. The molecule has 3 nitrogen and oxygen atoms in total. The van der Waals surface area contributed by atoms with E-state index in [1.54, 1.807) is 19.2 Å². The van der Waals surface area contributed by atoms with Gasteiger partial charge < -0.3 is 4.74 Å². The normalized spacial score (nSPS) is 19.3. The summed E-state index contributed by atoms with van der Waals surface area (Å²) in [6.07, 6.45) is -4.27. The summed E-state index contributed by atoms with van der Waals surface area (Å²) in [7, 11) is 1.70. The van der Waals surface area contributed by atoms with E-state index in [-0.39, 0.29) is 6.04 Å². The topological polar surface area (TPSA) is 15.7 Å². The molecule has 6 heteroatoms. The van der Waals surface area contributed by atoms with Crippen LogP contribution >= 0.6 is 0 Å². The third-order valence-corrected chi connectivity index (χ3v) is 4.29. The third-order valence-electron chi connectivity index (χ3n) is 4.29. The van der Waals surface area contributed by atoms with Gasteiger partial charge in [0.1, 0.15) is 0 Å². The first-order valence-corrected chi connectivity index (χ1v) is 7.54. The van der Waals surface area contributed by atoms with E-state index in [1.807, 2.05) is 6.92 Å². The molecule has 124 valence electrons. The van der Waals surface area contributed by atoms with Crippen molar-refractivity contribution in [1.82, 2.24) is 9.80 Å². The predicted octanol–water partition coefficient (Wildman–Crippen LogP) is 3.03. The van der Waals surface area contributed by atoms with Crippen LogP contribution in [0, 0.1) is 0 Å². The van der Waals surface area contributed by atoms with E-state index < -0.39 is 11.7 Å². The Labute approximate surface area is 129 Å². The van der Waals surface area contributed by atoms with Crippen molar-refractivity contribution < 1.29 is 17.9 Å². The number of nitrogens with zero attached hydrogens (tertiary/aromatic N) is 2. The lowest BCUT2D eigenvalue weighted by molar-refractivity contribution is -0.137. The van der Waals surface area contributed by atoms with E-state index in [4.69, 9.17) is 4.74 Å². The van der Waals surface area contributed by atoms with E-state index in [1.165, 1.54) is 12.1 Å². The van der Waals surface area contributed by atoms with Crippen LogP contribution in [0.3, 0.4) is 0 Å². The smallest absolute Gasteiger partial charge is 0.383 e. The Balaban J connectivity index is 1.91. The first kappa shape index (κ1) is 17.2. The van der Waals surface area contributed by atoms with Crippen molar-refractivity contribution in [2.75, 3.05) is 46.4 Å². The highest BCUT2D eigenvalue weighted by atomic mass is 19.4. The highest BCUT2D eigenvalue weighted by molar-refractivity contribution is 5.26. The van der Waals surface area contributed by atoms with Crippen molar-refractivity contribution in [2.24, 2.45) is 0 Å². The average molecular weight is 316 g/mol. The molecule has 1 aliphatic rings. The maximum Gasteiger partial charge on any atom is 0.416 e. The molecule has 1 aliphatic heterocycles. The summed E-state index contributed by atoms with van der Waals surface area (Å²) in [5, 5.41) is 0. The van der Waals surface area contributed by atoms with Crippen LogP contribution in [0.25, 0.3) is 0 Å². The molecule has 0 unspecified atom stereocenters. The summed E-state index contributed by atoms with van der Waals surface area (Å²) in [4.78, 5) is 4.66. The Kier molecular flexibility index (Phi) is 5.83. The Morgan fingerprint density at radius 2 is 1.68 bits per heavy atom.